The van der Waals surface area contributed by atoms with Crippen molar-refractivity contribution in [2.45, 2.75) is 45.1 Å². The fraction of sp³-hybridized carbons (Fsp3) is 0.625. The lowest BCUT2D eigenvalue weighted by Gasteiger charge is -2.21. The molecule has 4 heteroatoms. The van der Waals surface area contributed by atoms with Gasteiger partial charge in [-0.2, -0.15) is 0 Å². The number of hydrogen-bond donors (Lipinski definition) is 2. The number of benzene rings is 1. The molecule has 0 saturated carbocycles. The summed E-state index contributed by atoms with van der Waals surface area (Å²) < 4.78 is 11.1. The Morgan fingerprint density at radius 2 is 2.00 bits per heavy atom. The first-order chi connectivity index (χ1) is 9.52. The molecule has 0 spiro atoms. The monoisotopic (exact) mass is 281 g/mol. The van der Waals surface area contributed by atoms with E-state index in [1.807, 2.05) is 19.1 Å². The highest BCUT2D eigenvalue weighted by Crippen LogP contribution is 2.28. The van der Waals surface area contributed by atoms with Gasteiger partial charge in [0.15, 0.2) is 11.5 Å². The minimum absolute atomic E-state index is 0.0140. The first kappa shape index (κ1) is 16.8. The van der Waals surface area contributed by atoms with Crippen molar-refractivity contribution >= 4 is 0 Å². The van der Waals surface area contributed by atoms with Crippen molar-refractivity contribution in [2.24, 2.45) is 5.73 Å². The molecule has 0 heterocycles. The fourth-order valence-corrected chi connectivity index (χ4v) is 1.94. The van der Waals surface area contributed by atoms with Gasteiger partial charge in [0, 0.05) is 5.54 Å². The van der Waals surface area contributed by atoms with Crippen LogP contribution in [0.1, 0.15) is 38.7 Å². The summed E-state index contributed by atoms with van der Waals surface area (Å²) in [4.78, 5) is 0. The van der Waals surface area contributed by atoms with Crippen LogP contribution in [0.4, 0.5) is 0 Å². The van der Waals surface area contributed by atoms with Crippen LogP contribution in [0.25, 0.3) is 0 Å². The lowest BCUT2D eigenvalue weighted by molar-refractivity contribution is 0.193. The molecular weight excluding hydrogens is 254 g/mol. The van der Waals surface area contributed by atoms with Crippen LogP contribution < -0.4 is 15.2 Å². The zero-order valence-electron chi connectivity index (χ0n) is 12.8. The molecule has 1 atom stereocenters. The van der Waals surface area contributed by atoms with Crippen LogP contribution in [-0.4, -0.2) is 31.0 Å². The molecule has 114 valence electrons. The fourth-order valence-electron chi connectivity index (χ4n) is 1.94. The highest BCUT2D eigenvalue weighted by atomic mass is 16.5. The number of nitrogens with two attached hydrogens (primary N) is 1. The van der Waals surface area contributed by atoms with Crippen LogP contribution in [0, 0.1) is 0 Å². The molecule has 1 unspecified atom stereocenters. The van der Waals surface area contributed by atoms with Gasteiger partial charge in [-0.25, -0.2) is 0 Å². The molecule has 0 radical (unpaired) electrons. The Labute approximate surface area is 121 Å². The van der Waals surface area contributed by atoms with Crippen molar-refractivity contribution in [1.29, 1.82) is 0 Å². The highest BCUT2D eigenvalue weighted by molar-refractivity contribution is 5.42. The SMILES string of the molecule is CCc1ccc(OCCCCC(C)(N)CO)c(OC)c1. The van der Waals surface area contributed by atoms with E-state index in [1.165, 1.54) is 5.56 Å². The Kier molecular flexibility index (Phi) is 6.82. The average Bonchev–Trinajstić information content (AvgIpc) is 2.46. The molecule has 0 fully saturated rings. The van der Waals surface area contributed by atoms with Crippen molar-refractivity contribution < 1.29 is 14.6 Å². The average molecular weight is 281 g/mol. The quantitative estimate of drug-likeness (QED) is 0.683. The van der Waals surface area contributed by atoms with Gasteiger partial charge in [-0.05, 0) is 50.3 Å². The van der Waals surface area contributed by atoms with Crippen LogP contribution in [0.5, 0.6) is 11.5 Å². The second-order valence-corrected chi connectivity index (χ2v) is 5.46. The number of methoxy groups -OCH3 is 1. The molecule has 20 heavy (non-hydrogen) atoms. The standard InChI is InChI=1S/C16H27NO3/c1-4-13-7-8-14(15(11-13)19-3)20-10-6-5-9-16(2,17)12-18/h7-8,11,18H,4-6,9-10,12,17H2,1-3H3. The lowest BCUT2D eigenvalue weighted by Crippen LogP contribution is -2.39. The summed E-state index contributed by atoms with van der Waals surface area (Å²) in [5.41, 5.74) is 6.62. The molecule has 0 aromatic heterocycles. The third-order valence-electron chi connectivity index (χ3n) is 3.40. The Balaban J connectivity index is 2.39. The summed E-state index contributed by atoms with van der Waals surface area (Å²) in [6, 6.07) is 6.02. The molecule has 0 saturated heterocycles. The Morgan fingerprint density at radius 1 is 1.25 bits per heavy atom. The molecule has 3 N–H and O–H groups in total. The van der Waals surface area contributed by atoms with Crippen LogP contribution in [0.15, 0.2) is 18.2 Å². The predicted octanol–water partition coefficient (Wildman–Crippen LogP) is 2.52. The maximum absolute atomic E-state index is 9.07. The molecule has 0 aliphatic rings. The Hall–Kier alpha value is -1.26. The van der Waals surface area contributed by atoms with E-state index in [4.69, 9.17) is 20.3 Å². The van der Waals surface area contributed by atoms with E-state index in [0.29, 0.717) is 6.61 Å². The normalized spacial score (nSPS) is 13.8. The van der Waals surface area contributed by atoms with Crippen LogP contribution in [0.3, 0.4) is 0 Å². The van der Waals surface area contributed by atoms with Crippen LogP contribution >= 0.6 is 0 Å². The Bertz CT molecular complexity index is 405. The van der Waals surface area contributed by atoms with E-state index in [1.54, 1.807) is 7.11 Å². The zero-order valence-corrected chi connectivity index (χ0v) is 12.8. The minimum atomic E-state index is -0.486. The number of aliphatic hydroxyl groups excluding tert-OH is 1. The Morgan fingerprint density at radius 3 is 2.60 bits per heavy atom. The second kappa shape index (κ2) is 8.12. The number of unbranched alkanes of at least 4 members (excludes halogenated alkanes) is 1. The van der Waals surface area contributed by atoms with Gasteiger partial charge in [-0.15, -0.1) is 0 Å². The van der Waals surface area contributed by atoms with Crippen molar-refractivity contribution in [2.75, 3.05) is 20.3 Å². The summed E-state index contributed by atoms with van der Waals surface area (Å²) in [6.07, 6.45) is 3.61. The summed E-state index contributed by atoms with van der Waals surface area (Å²) in [5.74, 6) is 1.56. The molecule has 0 amide bonds. The third kappa shape index (κ3) is 5.39. The molecule has 1 rings (SSSR count). The van der Waals surface area contributed by atoms with Crippen LogP contribution in [0.2, 0.25) is 0 Å². The number of hydrogen-bond acceptors (Lipinski definition) is 4. The van der Waals surface area contributed by atoms with Gasteiger partial charge in [-0.3, -0.25) is 0 Å². The van der Waals surface area contributed by atoms with E-state index in [-0.39, 0.29) is 6.61 Å². The van der Waals surface area contributed by atoms with Crippen LogP contribution in [-0.2, 0) is 6.42 Å². The highest BCUT2D eigenvalue weighted by Gasteiger charge is 2.15. The first-order valence-corrected chi connectivity index (χ1v) is 7.22. The number of aryl methyl sites for hydroxylation is 1. The van der Waals surface area contributed by atoms with Gasteiger partial charge >= 0.3 is 0 Å². The largest absolute Gasteiger partial charge is 0.493 e. The zero-order chi connectivity index (χ0) is 15.0. The van der Waals surface area contributed by atoms with E-state index < -0.39 is 5.54 Å². The number of rotatable bonds is 9. The molecule has 4 nitrogen and oxygen atoms in total. The van der Waals surface area contributed by atoms with E-state index in [0.717, 1.165) is 37.2 Å². The summed E-state index contributed by atoms with van der Waals surface area (Å²) in [6.45, 7) is 4.62. The van der Waals surface area contributed by atoms with Crippen molar-refractivity contribution in [3.8, 4) is 11.5 Å². The van der Waals surface area contributed by atoms with E-state index in [9.17, 15) is 0 Å². The maximum atomic E-state index is 9.07. The molecule has 1 aromatic carbocycles. The van der Waals surface area contributed by atoms with E-state index >= 15 is 0 Å². The second-order valence-electron chi connectivity index (χ2n) is 5.46. The summed E-state index contributed by atoms with van der Waals surface area (Å²) >= 11 is 0. The summed E-state index contributed by atoms with van der Waals surface area (Å²) in [5, 5.41) is 9.07. The molecule has 0 aliphatic carbocycles. The third-order valence-corrected chi connectivity index (χ3v) is 3.40. The smallest absolute Gasteiger partial charge is 0.161 e. The van der Waals surface area contributed by atoms with Crippen molar-refractivity contribution in [3.05, 3.63) is 23.8 Å². The molecule has 1 aromatic rings. The van der Waals surface area contributed by atoms with Gasteiger partial charge in [0.05, 0.1) is 20.3 Å². The van der Waals surface area contributed by atoms with Crippen molar-refractivity contribution in [3.63, 3.8) is 0 Å². The molecule has 0 bridgehead atoms. The summed E-state index contributed by atoms with van der Waals surface area (Å²) in [7, 11) is 1.66. The van der Waals surface area contributed by atoms with Gasteiger partial charge in [0.1, 0.15) is 0 Å². The van der Waals surface area contributed by atoms with Gasteiger partial charge < -0.3 is 20.3 Å². The van der Waals surface area contributed by atoms with E-state index in [2.05, 4.69) is 13.0 Å². The predicted molar refractivity (Wildman–Crippen MR) is 81.4 cm³/mol. The van der Waals surface area contributed by atoms with Gasteiger partial charge in [0.2, 0.25) is 0 Å². The first-order valence-electron chi connectivity index (χ1n) is 7.22. The molecule has 0 aliphatic heterocycles. The maximum Gasteiger partial charge on any atom is 0.161 e. The minimum Gasteiger partial charge on any atom is -0.493 e. The molecular formula is C16H27NO3. The van der Waals surface area contributed by atoms with Crippen molar-refractivity contribution in [1.82, 2.24) is 0 Å². The topological polar surface area (TPSA) is 64.7 Å². The number of ether oxygens (including phenoxy) is 2. The van der Waals surface area contributed by atoms with Gasteiger partial charge in [-0.1, -0.05) is 13.0 Å². The number of aliphatic hydroxyl groups is 1. The lowest BCUT2D eigenvalue weighted by atomic mass is 9.97. The van der Waals surface area contributed by atoms with Gasteiger partial charge in [0.25, 0.3) is 0 Å².